The van der Waals surface area contributed by atoms with E-state index in [1.54, 1.807) is 6.20 Å². The fraction of sp³-hybridized carbons (Fsp3) is 0.143. The van der Waals surface area contributed by atoms with Crippen molar-refractivity contribution in [1.29, 1.82) is 0 Å². The van der Waals surface area contributed by atoms with Crippen LogP contribution < -0.4 is 4.90 Å². The molecule has 4 nitrogen and oxygen atoms in total. The second-order valence-electron chi connectivity index (χ2n) is 4.04. The van der Waals surface area contributed by atoms with Crippen molar-refractivity contribution in [2.45, 2.75) is 6.92 Å². The highest BCUT2D eigenvalue weighted by Crippen LogP contribution is 2.28. The number of pyridine rings is 1. The second kappa shape index (κ2) is 4.87. The van der Waals surface area contributed by atoms with Crippen molar-refractivity contribution in [2.24, 2.45) is 0 Å². The van der Waals surface area contributed by atoms with Gasteiger partial charge in [0.2, 0.25) is 0 Å². The number of aromatic carboxylic acids is 1. The van der Waals surface area contributed by atoms with E-state index in [0.717, 1.165) is 11.3 Å². The molecule has 0 saturated heterocycles. The molecule has 4 heteroatoms. The van der Waals surface area contributed by atoms with Crippen LogP contribution in [0.1, 0.15) is 15.9 Å². The third-order valence-corrected chi connectivity index (χ3v) is 2.87. The summed E-state index contributed by atoms with van der Waals surface area (Å²) >= 11 is 0. The lowest BCUT2D eigenvalue weighted by Crippen LogP contribution is -2.15. The molecule has 0 saturated carbocycles. The minimum atomic E-state index is -0.951. The van der Waals surface area contributed by atoms with Gasteiger partial charge in [-0.3, -0.25) is 4.98 Å². The van der Waals surface area contributed by atoms with E-state index in [-0.39, 0.29) is 5.56 Å². The summed E-state index contributed by atoms with van der Waals surface area (Å²) in [5.74, 6) is -0.951. The number of carbonyl (C=O) groups is 1. The first-order valence-corrected chi connectivity index (χ1v) is 5.58. The first kappa shape index (κ1) is 12.1. The topological polar surface area (TPSA) is 53.4 Å². The lowest BCUT2D eigenvalue weighted by Gasteiger charge is -2.22. The first-order valence-electron chi connectivity index (χ1n) is 5.58. The number of nitrogens with zero attached hydrogens (tertiary/aromatic N) is 2. The van der Waals surface area contributed by atoms with Gasteiger partial charge < -0.3 is 10.0 Å². The minimum Gasteiger partial charge on any atom is -0.478 e. The van der Waals surface area contributed by atoms with Crippen LogP contribution in [0.4, 0.5) is 11.4 Å². The Bertz CT molecular complexity index is 582. The molecule has 1 heterocycles. The number of carboxylic acids is 1. The number of para-hydroxylation sites is 1. The summed E-state index contributed by atoms with van der Waals surface area (Å²) in [6.07, 6.45) is 3.05. The van der Waals surface area contributed by atoms with Crippen molar-refractivity contribution in [3.8, 4) is 0 Å². The maximum Gasteiger partial charge on any atom is 0.337 e. The Labute approximate surface area is 106 Å². The molecule has 18 heavy (non-hydrogen) atoms. The van der Waals surface area contributed by atoms with E-state index in [9.17, 15) is 9.90 Å². The molecule has 0 fully saturated rings. The molecule has 0 spiro atoms. The molecule has 2 aromatic rings. The Morgan fingerprint density at radius 3 is 2.61 bits per heavy atom. The van der Waals surface area contributed by atoms with Gasteiger partial charge in [-0.25, -0.2) is 4.79 Å². The van der Waals surface area contributed by atoms with Crippen LogP contribution in [0.25, 0.3) is 0 Å². The predicted octanol–water partition coefficient (Wildman–Crippen LogP) is 2.86. The number of hydrogen-bond acceptors (Lipinski definition) is 3. The smallest absolute Gasteiger partial charge is 0.337 e. The van der Waals surface area contributed by atoms with Gasteiger partial charge in [0.05, 0.1) is 17.4 Å². The van der Waals surface area contributed by atoms with Crippen molar-refractivity contribution < 1.29 is 9.90 Å². The zero-order chi connectivity index (χ0) is 13.1. The van der Waals surface area contributed by atoms with Gasteiger partial charge in [-0.1, -0.05) is 18.2 Å². The highest BCUT2D eigenvalue weighted by atomic mass is 16.4. The molecule has 2 rings (SSSR count). The number of benzene rings is 1. The molecular formula is C14H14N2O2. The molecule has 0 aliphatic carbocycles. The highest BCUT2D eigenvalue weighted by Gasteiger charge is 2.15. The maximum absolute atomic E-state index is 11.2. The monoisotopic (exact) mass is 242 g/mol. The standard InChI is InChI=1S/C14H14N2O2/c1-10-5-3-4-6-12(10)16(2)13-9-15-8-7-11(13)14(17)18/h3-9H,1-2H3,(H,17,18). The zero-order valence-corrected chi connectivity index (χ0v) is 10.3. The van der Waals surface area contributed by atoms with E-state index in [4.69, 9.17) is 0 Å². The van der Waals surface area contributed by atoms with Crippen molar-refractivity contribution in [1.82, 2.24) is 4.98 Å². The number of rotatable bonds is 3. The SMILES string of the molecule is Cc1ccccc1N(C)c1cnccc1C(=O)O. The van der Waals surface area contributed by atoms with Crippen molar-refractivity contribution in [3.05, 3.63) is 53.9 Å². The average molecular weight is 242 g/mol. The summed E-state index contributed by atoms with van der Waals surface area (Å²) < 4.78 is 0. The van der Waals surface area contributed by atoms with Crippen molar-refractivity contribution >= 4 is 17.3 Å². The zero-order valence-electron chi connectivity index (χ0n) is 10.3. The molecule has 0 aliphatic heterocycles. The molecule has 1 aromatic carbocycles. The van der Waals surface area contributed by atoms with Gasteiger partial charge in [-0.2, -0.15) is 0 Å². The van der Waals surface area contributed by atoms with Gasteiger partial charge in [0.1, 0.15) is 0 Å². The number of aromatic nitrogens is 1. The second-order valence-corrected chi connectivity index (χ2v) is 4.04. The van der Waals surface area contributed by atoms with Gasteiger partial charge in [-0.15, -0.1) is 0 Å². The molecule has 1 N–H and O–H groups in total. The quantitative estimate of drug-likeness (QED) is 0.899. The van der Waals surface area contributed by atoms with Gasteiger partial charge in [-0.05, 0) is 24.6 Å². The number of carboxylic acid groups (broad SMARTS) is 1. The fourth-order valence-corrected chi connectivity index (χ4v) is 1.90. The maximum atomic E-state index is 11.2. The van der Waals surface area contributed by atoms with Crippen LogP contribution in [0.2, 0.25) is 0 Å². The van der Waals surface area contributed by atoms with Crippen LogP contribution in [0.5, 0.6) is 0 Å². The minimum absolute atomic E-state index is 0.246. The van der Waals surface area contributed by atoms with Crippen LogP contribution in [-0.4, -0.2) is 23.1 Å². The normalized spacial score (nSPS) is 10.1. The van der Waals surface area contributed by atoms with Gasteiger partial charge in [0.15, 0.2) is 0 Å². The van der Waals surface area contributed by atoms with Crippen LogP contribution in [0.3, 0.4) is 0 Å². The summed E-state index contributed by atoms with van der Waals surface area (Å²) in [6, 6.07) is 9.33. The van der Waals surface area contributed by atoms with E-state index in [1.165, 1.54) is 12.3 Å². The third kappa shape index (κ3) is 2.18. The van der Waals surface area contributed by atoms with Gasteiger partial charge >= 0.3 is 5.97 Å². The number of hydrogen-bond donors (Lipinski definition) is 1. The molecular weight excluding hydrogens is 228 g/mol. The molecule has 0 bridgehead atoms. The van der Waals surface area contributed by atoms with Gasteiger partial charge in [0, 0.05) is 18.9 Å². The van der Waals surface area contributed by atoms with E-state index in [2.05, 4.69) is 4.98 Å². The Hall–Kier alpha value is -2.36. The lowest BCUT2D eigenvalue weighted by atomic mass is 10.1. The lowest BCUT2D eigenvalue weighted by molar-refractivity contribution is 0.0697. The summed E-state index contributed by atoms with van der Waals surface area (Å²) in [4.78, 5) is 17.0. The summed E-state index contributed by atoms with van der Waals surface area (Å²) in [5.41, 5.74) is 2.88. The summed E-state index contributed by atoms with van der Waals surface area (Å²) in [7, 11) is 1.84. The van der Waals surface area contributed by atoms with E-state index >= 15 is 0 Å². The molecule has 0 aliphatic rings. The first-order chi connectivity index (χ1) is 8.61. The highest BCUT2D eigenvalue weighted by molar-refractivity contribution is 5.95. The van der Waals surface area contributed by atoms with E-state index < -0.39 is 5.97 Å². The molecule has 0 atom stereocenters. The third-order valence-electron chi connectivity index (χ3n) is 2.87. The Morgan fingerprint density at radius 2 is 1.94 bits per heavy atom. The fourth-order valence-electron chi connectivity index (χ4n) is 1.90. The summed E-state index contributed by atoms with van der Waals surface area (Å²) in [5, 5.41) is 9.18. The molecule has 0 unspecified atom stereocenters. The molecule has 0 amide bonds. The summed E-state index contributed by atoms with van der Waals surface area (Å²) in [6.45, 7) is 1.99. The van der Waals surface area contributed by atoms with E-state index in [1.807, 2.05) is 43.1 Å². The largest absolute Gasteiger partial charge is 0.478 e. The van der Waals surface area contributed by atoms with E-state index in [0.29, 0.717) is 5.69 Å². The molecule has 0 radical (unpaired) electrons. The van der Waals surface area contributed by atoms with Crippen LogP contribution in [0.15, 0.2) is 42.7 Å². The Morgan fingerprint density at radius 1 is 1.22 bits per heavy atom. The van der Waals surface area contributed by atoms with Crippen molar-refractivity contribution in [3.63, 3.8) is 0 Å². The Kier molecular flexibility index (Phi) is 3.28. The van der Waals surface area contributed by atoms with Crippen LogP contribution in [-0.2, 0) is 0 Å². The molecule has 1 aromatic heterocycles. The molecule has 92 valence electrons. The predicted molar refractivity (Wildman–Crippen MR) is 70.4 cm³/mol. The van der Waals surface area contributed by atoms with Crippen LogP contribution >= 0.6 is 0 Å². The van der Waals surface area contributed by atoms with Crippen molar-refractivity contribution in [2.75, 3.05) is 11.9 Å². The number of aryl methyl sites for hydroxylation is 1. The van der Waals surface area contributed by atoms with Gasteiger partial charge in [0.25, 0.3) is 0 Å². The van der Waals surface area contributed by atoms with Crippen LogP contribution in [0, 0.1) is 6.92 Å². The Balaban J connectivity index is 2.50. The average Bonchev–Trinajstić information content (AvgIpc) is 2.38. The number of anilines is 2.